The molecule has 0 spiro atoms. The van der Waals surface area contributed by atoms with Crippen molar-refractivity contribution in [3.05, 3.63) is 48.5 Å². The summed E-state index contributed by atoms with van der Waals surface area (Å²) in [5.74, 6) is 1.33. The Bertz CT molecular complexity index is 954. The number of carbonyl (C=O) groups excluding carboxylic acids is 1. The molecule has 2 aromatic rings. The van der Waals surface area contributed by atoms with Gasteiger partial charge >= 0.3 is 0 Å². The molecule has 31 heavy (non-hydrogen) atoms. The Morgan fingerprint density at radius 1 is 1.00 bits per heavy atom. The van der Waals surface area contributed by atoms with E-state index in [0.717, 1.165) is 30.8 Å². The molecule has 1 aliphatic rings. The highest BCUT2D eigenvalue weighted by Crippen LogP contribution is 2.23. The molecule has 1 amide bonds. The Balaban J connectivity index is 1.46. The summed E-state index contributed by atoms with van der Waals surface area (Å²) in [5, 5.41) is 2.78. The van der Waals surface area contributed by atoms with Crippen molar-refractivity contribution in [3.8, 4) is 11.5 Å². The van der Waals surface area contributed by atoms with E-state index in [1.807, 2.05) is 31.2 Å². The van der Waals surface area contributed by atoms with E-state index in [2.05, 4.69) is 5.32 Å². The fraction of sp³-hybridized carbons (Fsp3) is 0.435. The minimum absolute atomic E-state index is 0.178. The lowest BCUT2D eigenvalue weighted by molar-refractivity contribution is -0.116. The normalized spacial score (nSPS) is 14.7. The Hall–Kier alpha value is -2.58. The van der Waals surface area contributed by atoms with E-state index in [1.54, 1.807) is 18.2 Å². The molecule has 7 nitrogen and oxygen atoms in total. The van der Waals surface area contributed by atoms with Gasteiger partial charge in [-0.2, -0.15) is 4.31 Å². The summed E-state index contributed by atoms with van der Waals surface area (Å²) in [6.45, 7) is 4.05. The zero-order valence-corrected chi connectivity index (χ0v) is 18.7. The van der Waals surface area contributed by atoms with E-state index >= 15 is 0 Å². The Kier molecular flexibility index (Phi) is 8.31. The van der Waals surface area contributed by atoms with Crippen LogP contribution in [-0.2, 0) is 14.8 Å². The van der Waals surface area contributed by atoms with Crippen molar-refractivity contribution in [3.63, 3.8) is 0 Å². The van der Waals surface area contributed by atoms with Crippen LogP contribution in [0.25, 0.3) is 0 Å². The van der Waals surface area contributed by atoms with Crippen molar-refractivity contribution in [1.82, 2.24) is 4.31 Å². The number of hydrogen-bond acceptors (Lipinski definition) is 5. The summed E-state index contributed by atoms with van der Waals surface area (Å²) in [6.07, 6.45) is 3.65. The number of nitrogens with one attached hydrogen (secondary N) is 1. The maximum atomic E-state index is 12.8. The molecule has 1 fully saturated rings. The highest BCUT2D eigenvalue weighted by Gasteiger charge is 2.26. The molecule has 0 aromatic heterocycles. The van der Waals surface area contributed by atoms with Crippen molar-refractivity contribution in [2.24, 2.45) is 0 Å². The predicted molar refractivity (Wildman–Crippen MR) is 120 cm³/mol. The summed E-state index contributed by atoms with van der Waals surface area (Å²) >= 11 is 0. The second-order valence-corrected chi connectivity index (χ2v) is 9.34. The van der Waals surface area contributed by atoms with Gasteiger partial charge in [0.25, 0.3) is 0 Å². The lowest BCUT2D eigenvalue weighted by atomic mass is 10.2. The van der Waals surface area contributed by atoms with Gasteiger partial charge in [-0.3, -0.25) is 4.79 Å². The molecule has 0 bridgehead atoms. The van der Waals surface area contributed by atoms with Gasteiger partial charge in [-0.1, -0.05) is 12.5 Å². The van der Waals surface area contributed by atoms with E-state index in [1.165, 1.54) is 10.4 Å². The molecule has 0 aliphatic carbocycles. The number of amides is 1. The third-order valence-electron chi connectivity index (χ3n) is 5.02. The first kappa shape index (κ1) is 23.1. The molecule has 1 N–H and O–H groups in total. The number of hydrogen-bond donors (Lipinski definition) is 1. The molecular weight excluding hydrogens is 416 g/mol. The summed E-state index contributed by atoms with van der Waals surface area (Å²) in [5.41, 5.74) is 0.482. The number of rotatable bonds is 10. The van der Waals surface area contributed by atoms with Crippen LogP contribution < -0.4 is 14.8 Å². The Labute approximate surface area is 184 Å². The Morgan fingerprint density at radius 2 is 1.68 bits per heavy atom. The van der Waals surface area contributed by atoms with Gasteiger partial charge in [0, 0.05) is 25.2 Å². The van der Waals surface area contributed by atoms with Gasteiger partial charge in [-0.15, -0.1) is 0 Å². The number of carbonyl (C=O) groups is 1. The average Bonchev–Trinajstić information content (AvgIpc) is 2.79. The molecule has 168 valence electrons. The lowest BCUT2D eigenvalue weighted by Gasteiger charge is -2.26. The molecule has 0 atom stereocenters. The van der Waals surface area contributed by atoms with E-state index in [0.29, 0.717) is 38.4 Å². The largest absolute Gasteiger partial charge is 0.494 e. The summed E-state index contributed by atoms with van der Waals surface area (Å²) < 4.78 is 38.2. The van der Waals surface area contributed by atoms with Crippen LogP contribution in [0.15, 0.2) is 53.4 Å². The van der Waals surface area contributed by atoms with Crippen molar-refractivity contribution in [2.45, 2.75) is 43.9 Å². The van der Waals surface area contributed by atoms with Crippen LogP contribution in [0.1, 0.15) is 39.0 Å². The fourth-order valence-corrected chi connectivity index (χ4v) is 5.00. The molecule has 0 radical (unpaired) electrons. The van der Waals surface area contributed by atoms with Crippen LogP contribution in [0.3, 0.4) is 0 Å². The zero-order chi connectivity index (χ0) is 22.1. The van der Waals surface area contributed by atoms with Gasteiger partial charge in [0.05, 0.1) is 18.1 Å². The summed E-state index contributed by atoms with van der Waals surface area (Å²) in [4.78, 5) is 12.5. The van der Waals surface area contributed by atoms with E-state index in [4.69, 9.17) is 9.47 Å². The first-order chi connectivity index (χ1) is 15.0. The lowest BCUT2D eigenvalue weighted by Crippen LogP contribution is -2.35. The zero-order valence-electron chi connectivity index (χ0n) is 17.9. The molecule has 1 saturated heterocycles. The van der Waals surface area contributed by atoms with E-state index in [9.17, 15) is 13.2 Å². The number of anilines is 1. The van der Waals surface area contributed by atoms with Crippen LogP contribution >= 0.6 is 0 Å². The summed E-state index contributed by atoms with van der Waals surface area (Å²) in [7, 11) is -3.53. The fourth-order valence-electron chi connectivity index (χ4n) is 3.43. The number of piperidine rings is 1. The number of nitrogens with zero attached hydrogens (tertiary/aromatic N) is 1. The molecule has 8 heteroatoms. The quantitative estimate of drug-likeness (QED) is 0.557. The van der Waals surface area contributed by atoms with E-state index < -0.39 is 10.0 Å². The third kappa shape index (κ3) is 6.70. The highest BCUT2D eigenvalue weighted by atomic mass is 32.2. The molecule has 0 unspecified atom stereocenters. The second-order valence-electron chi connectivity index (χ2n) is 7.40. The monoisotopic (exact) mass is 446 g/mol. The minimum Gasteiger partial charge on any atom is -0.494 e. The second kappa shape index (κ2) is 11.2. The van der Waals surface area contributed by atoms with Crippen molar-refractivity contribution < 1.29 is 22.7 Å². The van der Waals surface area contributed by atoms with Crippen LogP contribution in [0, 0.1) is 0 Å². The molecule has 0 saturated carbocycles. The molecule has 1 heterocycles. The first-order valence-electron chi connectivity index (χ1n) is 10.7. The van der Waals surface area contributed by atoms with Crippen molar-refractivity contribution in [1.29, 1.82) is 0 Å². The summed E-state index contributed by atoms with van der Waals surface area (Å²) in [6, 6.07) is 13.8. The maximum absolute atomic E-state index is 12.8. The van der Waals surface area contributed by atoms with Gasteiger partial charge < -0.3 is 14.8 Å². The number of sulfonamides is 1. The van der Waals surface area contributed by atoms with Crippen LogP contribution in [-0.4, -0.2) is 44.9 Å². The van der Waals surface area contributed by atoms with Crippen molar-refractivity contribution in [2.75, 3.05) is 31.6 Å². The SMILES string of the molecule is CCOc1ccc(OCCCC(=O)Nc2cccc(S(=O)(=O)N3CCCCC3)c2)cc1. The predicted octanol–water partition coefficient (Wildman–Crippen LogP) is 4.06. The van der Waals surface area contributed by atoms with Crippen LogP contribution in [0.2, 0.25) is 0 Å². The highest BCUT2D eigenvalue weighted by molar-refractivity contribution is 7.89. The standard InChI is InChI=1S/C23H30N2O5S/c1-2-29-20-11-13-21(14-12-20)30-17-7-10-23(26)24-19-8-6-9-22(18-19)31(27,28)25-15-4-3-5-16-25/h6,8-9,11-14,18H,2-5,7,10,15-17H2,1H3,(H,24,26). The smallest absolute Gasteiger partial charge is 0.243 e. The van der Waals surface area contributed by atoms with Gasteiger partial charge in [-0.05, 0) is 68.7 Å². The van der Waals surface area contributed by atoms with Gasteiger partial charge in [-0.25, -0.2) is 8.42 Å². The first-order valence-corrected chi connectivity index (χ1v) is 12.2. The van der Waals surface area contributed by atoms with Gasteiger partial charge in [0.1, 0.15) is 11.5 Å². The molecular formula is C23H30N2O5S. The average molecular weight is 447 g/mol. The van der Waals surface area contributed by atoms with Crippen LogP contribution in [0.4, 0.5) is 5.69 Å². The topological polar surface area (TPSA) is 84.9 Å². The van der Waals surface area contributed by atoms with Gasteiger partial charge in [0.2, 0.25) is 15.9 Å². The molecule has 2 aromatic carbocycles. The Morgan fingerprint density at radius 3 is 2.35 bits per heavy atom. The molecule has 3 rings (SSSR count). The molecule has 1 aliphatic heterocycles. The van der Waals surface area contributed by atoms with Crippen molar-refractivity contribution >= 4 is 21.6 Å². The van der Waals surface area contributed by atoms with Gasteiger partial charge in [0.15, 0.2) is 0 Å². The number of ether oxygens (including phenoxy) is 2. The third-order valence-corrected chi connectivity index (χ3v) is 6.92. The minimum atomic E-state index is -3.53. The van der Waals surface area contributed by atoms with Crippen LogP contribution in [0.5, 0.6) is 11.5 Å². The maximum Gasteiger partial charge on any atom is 0.243 e. The number of benzene rings is 2. The van der Waals surface area contributed by atoms with E-state index in [-0.39, 0.29) is 17.2 Å².